The SMILES string of the molecule is COC1=CC23CCCN2CCc2cc4c(cc2C3C1OC(=O)C1OC(OC)N(C(=O)c2ccccc2)C1c1ccccc1)OCO4. The second kappa shape index (κ2) is 11.5. The van der Waals surface area contributed by atoms with Crippen molar-refractivity contribution < 1.29 is 38.0 Å². The fourth-order valence-electron chi connectivity index (χ4n) is 8.12. The minimum Gasteiger partial charge on any atom is -0.497 e. The van der Waals surface area contributed by atoms with Crippen molar-refractivity contribution in [3.63, 3.8) is 0 Å². The number of hydrogen-bond donors (Lipinski definition) is 0. The molecule has 10 heteroatoms. The maximum atomic E-state index is 14.5. The number of hydrogen-bond acceptors (Lipinski definition) is 9. The number of carbonyl (C=O) groups excluding carboxylic acids is 2. The van der Waals surface area contributed by atoms with Crippen LogP contribution in [0.4, 0.5) is 0 Å². The van der Waals surface area contributed by atoms with E-state index in [-0.39, 0.29) is 24.2 Å². The van der Waals surface area contributed by atoms with Crippen LogP contribution < -0.4 is 9.47 Å². The van der Waals surface area contributed by atoms with E-state index in [1.165, 1.54) is 12.0 Å². The van der Waals surface area contributed by atoms with Crippen molar-refractivity contribution in [1.29, 1.82) is 0 Å². The summed E-state index contributed by atoms with van der Waals surface area (Å²) in [5.41, 5.74) is 3.02. The summed E-state index contributed by atoms with van der Waals surface area (Å²) in [5, 5.41) is 0. The molecule has 3 aromatic rings. The summed E-state index contributed by atoms with van der Waals surface area (Å²) in [4.78, 5) is 32.4. The summed E-state index contributed by atoms with van der Waals surface area (Å²) in [5.74, 6) is 0.880. The van der Waals surface area contributed by atoms with Crippen molar-refractivity contribution in [2.24, 2.45) is 0 Å². The summed E-state index contributed by atoms with van der Waals surface area (Å²) in [6.45, 7) is 1.99. The average molecular weight is 625 g/mol. The molecule has 0 bridgehead atoms. The highest BCUT2D eigenvalue weighted by molar-refractivity contribution is 5.95. The molecule has 0 saturated carbocycles. The molecule has 0 N–H and O–H groups in total. The van der Waals surface area contributed by atoms with Crippen molar-refractivity contribution in [3.05, 3.63) is 107 Å². The van der Waals surface area contributed by atoms with Crippen LogP contribution in [0.15, 0.2) is 84.6 Å². The first-order chi connectivity index (χ1) is 22.5. The number of nitrogens with zero attached hydrogens (tertiary/aromatic N) is 2. The minimum atomic E-state index is -1.16. The van der Waals surface area contributed by atoms with Gasteiger partial charge in [0.15, 0.2) is 23.7 Å². The predicted molar refractivity (Wildman–Crippen MR) is 165 cm³/mol. The van der Waals surface area contributed by atoms with Crippen LogP contribution in [-0.2, 0) is 30.2 Å². The first-order valence-corrected chi connectivity index (χ1v) is 15.8. The van der Waals surface area contributed by atoms with E-state index in [1.807, 2.05) is 36.4 Å². The lowest BCUT2D eigenvalue weighted by atomic mass is 9.77. The van der Waals surface area contributed by atoms with Crippen molar-refractivity contribution in [3.8, 4) is 11.5 Å². The molecule has 8 rings (SSSR count). The molecule has 2 saturated heterocycles. The topological polar surface area (TPSA) is 96.0 Å². The van der Waals surface area contributed by atoms with Gasteiger partial charge in [-0.2, -0.15) is 0 Å². The molecular formula is C36H36N2O8. The van der Waals surface area contributed by atoms with E-state index in [0.29, 0.717) is 17.1 Å². The fraction of sp³-hybridized carbons (Fsp3) is 0.389. The van der Waals surface area contributed by atoms with Gasteiger partial charge in [0, 0.05) is 19.2 Å². The number of amides is 1. The molecule has 0 radical (unpaired) electrons. The van der Waals surface area contributed by atoms with E-state index in [1.54, 1.807) is 31.4 Å². The van der Waals surface area contributed by atoms with Gasteiger partial charge < -0.3 is 28.4 Å². The van der Waals surface area contributed by atoms with Gasteiger partial charge in [-0.1, -0.05) is 48.5 Å². The first-order valence-electron chi connectivity index (χ1n) is 15.8. The van der Waals surface area contributed by atoms with Crippen LogP contribution >= 0.6 is 0 Å². The Morgan fingerprint density at radius 2 is 1.67 bits per heavy atom. The maximum Gasteiger partial charge on any atom is 0.338 e. The van der Waals surface area contributed by atoms with Crippen molar-refractivity contribution in [2.75, 3.05) is 34.1 Å². The predicted octanol–water partition coefficient (Wildman–Crippen LogP) is 4.56. The summed E-state index contributed by atoms with van der Waals surface area (Å²) in [7, 11) is 3.08. The second-order valence-electron chi connectivity index (χ2n) is 12.4. The molecule has 1 amide bonds. The molecule has 0 aromatic heterocycles. The van der Waals surface area contributed by atoms with E-state index in [9.17, 15) is 9.59 Å². The molecule has 2 fully saturated rings. The quantitative estimate of drug-likeness (QED) is 0.366. The summed E-state index contributed by atoms with van der Waals surface area (Å²) < 4.78 is 36.0. The van der Waals surface area contributed by atoms with E-state index in [2.05, 4.69) is 23.1 Å². The van der Waals surface area contributed by atoms with Gasteiger partial charge in [-0.3, -0.25) is 14.6 Å². The highest BCUT2D eigenvalue weighted by Gasteiger charge is 2.59. The number of esters is 1. The van der Waals surface area contributed by atoms with Gasteiger partial charge in [-0.05, 0) is 72.8 Å². The molecular weight excluding hydrogens is 588 g/mol. The molecule has 6 atom stereocenters. The number of rotatable bonds is 6. The molecule has 238 valence electrons. The number of methoxy groups -OCH3 is 2. The second-order valence-corrected chi connectivity index (χ2v) is 12.4. The van der Waals surface area contributed by atoms with Crippen molar-refractivity contribution in [1.82, 2.24) is 9.80 Å². The van der Waals surface area contributed by atoms with Gasteiger partial charge >= 0.3 is 5.97 Å². The maximum absolute atomic E-state index is 14.5. The zero-order valence-corrected chi connectivity index (χ0v) is 25.8. The smallest absolute Gasteiger partial charge is 0.338 e. The van der Waals surface area contributed by atoms with Gasteiger partial charge in [0.25, 0.3) is 5.91 Å². The van der Waals surface area contributed by atoms with Gasteiger partial charge in [-0.15, -0.1) is 0 Å². The van der Waals surface area contributed by atoms with Crippen LogP contribution in [0.5, 0.6) is 11.5 Å². The van der Waals surface area contributed by atoms with Crippen molar-refractivity contribution >= 4 is 11.9 Å². The molecule has 46 heavy (non-hydrogen) atoms. The summed E-state index contributed by atoms with van der Waals surface area (Å²) >= 11 is 0. The third-order valence-electron chi connectivity index (χ3n) is 10.1. The lowest BCUT2D eigenvalue weighted by Gasteiger charge is -2.39. The van der Waals surface area contributed by atoms with Crippen LogP contribution in [0.25, 0.3) is 0 Å². The standard InChI is InChI=1S/C36H36N2O8/c1-41-28-20-36-15-9-16-37(36)17-14-24-18-26-27(44-21-43-26)19-25(24)29(36)31(28)45-34(40)32-30(22-10-5-3-6-11-22)38(35(42-2)46-32)33(39)23-12-7-4-8-13-23/h3-8,10-13,18-20,29-32,35H,9,14-17,21H2,1-2H3. The number of benzene rings is 3. The monoisotopic (exact) mass is 624 g/mol. The summed E-state index contributed by atoms with van der Waals surface area (Å²) in [6, 6.07) is 21.6. The molecule has 1 aliphatic carbocycles. The van der Waals surface area contributed by atoms with Crippen molar-refractivity contribution in [2.45, 2.75) is 55.4 Å². The number of carbonyl (C=O) groups is 2. The highest BCUT2D eigenvalue weighted by atomic mass is 16.7. The number of fused-ring (bicyclic) bond motifs is 3. The van der Waals surface area contributed by atoms with E-state index in [4.69, 9.17) is 28.4 Å². The fourth-order valence-corrected chi connectivity index (χ4v) is 8.12. The third kappa shape index (κ3) is 4.50. The lowest BCUT2D eigenvalue weighted by Crippen LogP contribution is -2.48. The van der Waals surface area contributed by atoms with E-state index < -0.39 is 30.6 Å². The van der Waals surface area contributed by atoms with Gasteiger partial charge in [0.2, 0.25) is 13.2 Å². The summed E-state index contributed by atoms with van der Waals surface area (Å²) in [6.07, 6.45) is 1.95. The van der Waals surface area contributed by atoms with Gasteiger partial charge in [0.05, 0.1) is 24.6 Å². The van der Waals surface area contributed by atoms with Gasteiger partial charge in [0.1, 0.15) is 5.76 Å². The molecule has 1 spiro atoms. The van der Waals surface area contributed by atoms with E-state index in [0.717, 1.165) is 54.8 Å². The third-order valence-corrected chi connectivity index (χ3v) is 10.1. The Kier molecular flexibility index (Phi) is 7.23. The van der Waals surface area contributed by atoms with Crippen LogP contribution in [0.2, 0.25) is 0 Å². The Hall–Kier alpha value is -4.38. The Morgan fingerprint density at radius 1 is 0.935 bits per heavy atom. The number of ether oxygens (including phenoxy) is 6. The normalized spacial score (nSPS) is 29.4. The minimum absolute atomic E-state index is 0.179. The lowest BCUT2D eigenvalue weighted by molar-refractivity contribution is -0.185. The van der Waals surface area contributed by atoms with Crippen LogP contribution in [0.1, 0.15) is 51.8 Å². The zero-order valence-electron chi connectivity index (χ0n) is 25.8. The Labute approximate surface area is 267 Å². The average Bonchev–Trinajstić information content (AvgIpc) is 3.87. The van der Waals surface area contributed by atoms with Crippen LogP contribution in [0.3, 0.4) is 0 Å². The Morgan fingerprint density at radius 3 is 2.41 bits per heavy atom. The molecule has 6 unspecified atom stereocenters. The zero-order chi connectivity index (χ0) is 31.4. The molecule has 4 aliphatic heterocycles. The Balaban J connectivity index is 1.18. The molecule has 4 heterocycles. The van der Waals surface area contributed by atoms with Crippen LogP contribution in [0, 0.1) is 0 Å². The Bertz CT molecular complexity index is 1680. The molecule has 10 nitrogen and oxygen atoms in total. The molecule has 3 aromatic carbocycles. The van der Waals surface area contributed by atoms with E-state index >= 15 is 0 Å². The molecule has 5 aliphatic rings. The van der Waals surface area contributed by atoms with Gasteiger partial charge in [-0.25, -0.2) is 4.79 Å². The largest absolute Gasteiger partial charge is 0.497 e. The first kappa shape index (κ1) is 29.1. The highest BCUT2D eigenvalue weighted by Crippen LogP contribution is 2.56. The van der Waals surface area contributed by atoms with Crippen LogP contribution in [-0.4, -0.2) is 79.9 Å².